The first-order valence-electron chi connectivity index (χ1n) is 9.38. The van der Waals surface area contributed by atoms with Crippen LogP contribution in [-0.4, -0.2) is 36.7 Å². The van der Waals surface area contributed by atoms with Crippen molar-refractivity contribution in [3.05, 3.63) is 71.0 Å². The summed E-state index contributed by atoms with van der Waals surface area (Å²) >= 11 is 0.584. The summed E-state index contributed by atoms with van der Waals surface area (Å²) in [5.41, 5.74) is 0.200. The topological polar surface area (TPSA) is 88.6 Å². The van der Waals surface area contributed by atoms with Gasteiger partial charge in [0.1, 0.15) is 5.82 Å². The van der Waals surface area contributed by atoms with Gasteiger partial charge in [0.05, 0.1) is 11.1 Å². The highest BCUT2D eigenvalue weighted by atomic mass is 32.2. The molecule has 1 aromatic heterocycles. The molecule has 7 nitrogen and oxygen atoms in total. The summed E-state index contributed by atoms with van der Waals surface area (Å²) in [6.45, 7) is 0.874. The molecule has 2 aromatic carbocycles. The zero-order valence-electron chi connectivity index (χ0n) is 16.3. The molecular weight excluding hydrogens is 467 g/mol. The van der Waals surface area contributed by atoms with Crippen molar-refractivity contribution in [2.45, 2.75) is 17.4 Å². The van der Waals surface area contributed by atoms with Gasteiger partial charge >= 0.3 is 0 Å². The quantitative estimate of drug-likeness (QED) is 0.554. The van der Waals surface area contributed by atoms with Crippen LogP contribution in [0.1, 0.15) is 18.1 Å². The number of rotatable bonds is 7. The number of hydrogen-bond acceptors (Lipinski definition) is 6. The van der Waals surface area contributed by atoms with Crippen LogP contribution < -0.4 is 10.1 Å². The molecule has 0 aliphatic carbocycles. The van der Waals surface area contributed by atoms with Crippen molar-refractivity contribution in [2.24, 2.45) is 0 Å². The van der Waals surface area contributed by atoms with E-state index in [9.17, 15) is 26.4 Å². The second-order valence-electron chi connectivity index (χ2n) is 6.86. The number of ether oxygens (including phenoxy) is 1. The Labute approximate surface area is 185 Å². The summed E-state index contributed by atoms with van der Waals surface area (Å²) in [4.78, 5) is 16.6. The molecule has 1 amide bonds. The van der Waals surface area contributed by atoms with Gasteiger partial charge in [0, 0.05) is 24.7 Å². The normalized spacial score (nSPS) is 15.1. The average molecular weight is 483 g/mol. The fraction of sp³-hybridized carbons (Fsp3) is 0.200. The molecule has 1 unspecified atom stereocenters. The third kappa shape index (κ3) is 4.61. The Morgan fingerprint density at radius 2 is 1.84 bits per heavy atom. The third-order valence-electron chi connectivity index (χ3n) is 4.72. The van der Waals surface area contributed by atoms with E-state index >= 15 is 0 Å². The van der Waals surface area contributed by atoms with Crippen LogP contribution in [0.5, 0.6) is 5.75 Å². The van der Waals surface area contributed by atoms with E-state index in [4.69, 9.17) is 4.74 Å². The number of carbonyl (C=O) groups is 1. The van der Waals surface area contributed by atoms with Crippen molar-refractivity contribution in [2.75, 3.05) is 18.4 Å². The molecule has 168 valence electrons. The van der Waals surface area contributed by atoms with E-state index in [0.717, 1.165) is 24.8 Å². The Bertz CT molecular complexity index is 1250. The van der Waals surface area contributed by atoms with Crippen LogP contribution in [0, 0.1) is 16.8 Å². The number of hydrogen-bond donors (Lipinski definition) is 1. The lowest BCUT2D eigenvalue weighted by atomic mass is 10.1. The smallest absolute Gasteiger partial charge is 0.271 e. The minimum Gasteiger partial charge on any atom is -0.473 e. The van der Waals surface area contributed by atoms with Gasteiger partial charge in [0.25, 0.3) is 5.91 Å². The zero-order valence-corrected chi connectivity index (χ0v) is 17.9. The minimum absolute atomic E-state index is 0.0371. The molecule has 3 aromatic rings. The highest BCUT2D eigenvalue weighted by molar-refractivity contribution is 7.89. The summed E-state index contributed by atoms with van der Waals surface area (Å²) < 4.78 is 72.5. The molecule has 0 spiro atoms. The van der Waals surface area contributed by atoms with E-state index in [-0.39, 0.29) is 15.6 Å². The predicted molar refractivity (Wildman–Crippen MR) is 110 cm³/mol. The zero-order chi connectivity index (χ0) is 22.9. The second kappa shape index (κ2) is 8.88. The number of anilines is 1. The highest BCUT2D eigenvalue weighted by Crippen LogP contribution is 2.29. The van der Waals surface area contributed by atoms with Crippen LogP contribution in [0.4, 0.5) is 18.3 Å². The van der Waals surface area contributed by atoms with Gasteiger partial charge < -0.3 is 4.74 Å². The minimum atomic E-state index is -3.64. The van der Waals surface area contributed by atoms with Gasteiger partial charge in [-0.25, -0.2) is 22.2 Å². The largest absolute Gasteiger partial charge is 0.473 e. The summed E-state index contributed by atoms with van der Waals surface area (Å²) in [5.74, 6) is -3.05. The maximum absolute atomic E-state index is 14.1. The molecule has 2 heterocycles. The number of nitrogens with zero attached hydrogens (tertiary/aromatic N) is 2. The van der Waals surface area contributed by atoms with Crippen molar-refractivity contribution >= 4 is 32.4 Å². The highest BCUT2D eigenvalue weighted by Gasteiger charge is 2.30. The van der Waals surface area contributed by atoms with Crippen molar-refractivity contribution in [3.8, 4) is 5.75 Å². The molecule has 1 saturated heterocycles. The van der Waals surface area contributed by atoms with Crippen molar-refractivity contribution in [3.63, 3.8) is 0 Å². The molecule has 32 heavy (non-hydrogen) atoms. The van der Waals surface area contributed by atoms with Gasteiger partial charge in [0.15, 0.2) is 21.8 Å². The van der Waals surface area contributed by atoms with Crippen molar-refractivity contribution in [1.82, 2.24) is 9.29 Å². The van der Waals surface area contributed by atoms with Crippen LogP contribution >= 0.6 is 11.3 Å². The van der Waals surface area contributed by atoms with Crippen LogP contribution in [0.2, 0.25) is 0 Å². The lowest BCUT2D eigenvalue weighted by molar-refractivity contribution is -0.123. The van der Waals surface area contributed by atoms with E-state index < -0.39 is 44.5 Å². The molecule has 4 rings (SSSR count). The van der Waals surface area contributed by atoms with E-state index in [1.807, 2.05) is 0 Å². The maximum atomic E-state index is 14.1. The first kappa shape index (κ1) is 22.2. The number of thiazole rings is 1. The van der Waals surface area contributed by atoms with Gasteiger partial charge in [0.2, 0.25) is 16.1 Å². The van der Waals surface area contributed by atoms with Crippen LogP contribution in [0.3, 0.4) is 0 Å². The SMILES string of the molecule is O=C(Nc1ncc(F)s1)C(Oc1ccc(F)cc1F)c1ccc(S(=O)(=O)N2CCC2)cc1. The molecule has 1 aliphatic heterocycles. The lowest BCUT2D eigenvalue weighted by Crippen LogP contribution is -2.41. The molecular formula is C20H16F3N3O4S2. The Morgan fingerprint density at radius 3 is 2.41 bits per heavy atom. The van der Waals surface area contributed by atoms with Gasteiger partial charge in [-0.1, -0.05) is 23.5 Å². The Morgan fingerprint density at radius 1 is 1.12 bits per heavy atom. The number of benzene rings is 2. The molecule has 1 atom stereocenters. The summed E-state index contributed by atoms with van der Waals surface area (Å²) in [6.07, 6.45) is 0.252. The number of halogens is 3. The van der Waals surface area contributed by atoms with E-state index in [1.54, 1.807) is 0 Å². The first-order chi connectivity index (χ1) is 15.2. The van der Waals surface area contributed by atoms with Gasteiger partial charge in [-0.3, -0.25) is 10.1 Å². The Hall–Kier alpha value is -2.96. The van der Waals surface area contributed by atoms with Crippen LogP contribution in [-0.2, 0) is 14.8 Å². The number of nitrogens with one attached hydrogen (secondary N) is 1. The average Bonchev–Trinajstić information content (AvgIpc) is 3.10. The van der Waals surface area contributed by atoms with Crippen molar-refractivity contribution < 1.29 is 31.1 Å². The van der Waals surface area contributed by atoms with E-state index in [1.165, 1.54) is 28.6 Å². The van der Waals surface area contributed by atoms with Gasteiger partial charge in [-0.15, -0.1) is 0 Å². The first-order valence-corrected chi connectivity index (χ1v) is 11.6. The number of aromatic nitrogens is 1. The number of carbonyl (C=O) groups excluding carboxylic acids is 1. The summed E-state index contributed by atoms with van der Waals surface area (Å²) in [7, 11) is -3.64. The van der Waals surface area contributed by atoms with E-state index in [0.29, 0.717) is 30.5 Å². The molecule has 1 fully saturated rings. The maximum Gasteiger partial charge on any atom is 0.271 e. The summed E-state index contributed by atoms with van der Waals surface area (Å²) in [5, 5.41) is 1.71. The van der Waals surface area contributed by atoms with Crippen molar-refractivity contribution in [1.29, 1.82) is 0 Å². The second-order valence-corrected chi connectivity index (χ2v) is 9.78. The van der Waals surface area contributed by atoms with Crippen LogP contribution in [0.15, 0.2) is 53.6 Å². The van der Waals surface area contributed by atoms with Gasteiger partial charge in [-0.2, -0.15) is 8.70 Å². The third-order valence-corrected chi connectivity index (χ3v) is 7.33. The number of amides is 1. The Kier molecular flexibility index (Phi) is 6.17. The predicted octanol–water partition coefficient (Wildman–Crippen LogP) is 3.71. The monoisotopic (exact) mass is 483 g/mol. The van der Waals surface area contributed by atoms with E-state index in [2.05, 4.69) is 10.3 Å². The molecule has 0 radical (unpaired) electrons. The lowest BCUT2D eigenvalue weighted by Gasteiger charge is -2.29. The molecule has 0 saturated carbocycles. The van der Waals surface area contributed by atoms with Crippen LogP contribution in [0.25, 0.3) is 0 Å². The summed E-state index contributed by atoms with van der Waals surface area (Å²) in [6, 6.07) is 7.95. The molecule has 0 bridgehead atoms. The number of sulfonamides is 1. The molecule has 1 N–H and O–H groups in total. The fourth-order valence-electron chi connectivity index (χ4n) is 2.95. The Balaban J connectivity index is 1.63. The fourth-order valence-corrected chi connectivity index (χ4v) is 5.01. The standard InChI is InChI=1S/C20H16F3N3O4S2/c21-13-4-7-16(15(22)10-13)30-18(19(27)25-20-24-11-17(23)31-20)12-2-5-14(6-3-12)32(28,29)26-8-1-9-26/h2-7,10-11,18H,1,8-9H2,(H,24,25,27). The molecule has 12 heteroatoms. The van der Waals surface area contributed by atoms with Gasteiger partial charge in [-0.05, 0) is 30.7 Å². The molecule has 1 aliphatic rings.